The van der Waals surface area contributed by atoms with E-state index in [0.717, 1.165) is 25.4 Å². The highest BCUT2D eigenvalue weighted by atomic mass is 32.2. The molecule has 126 valence electrons. The molecule has 2 N–H and O–H groups in total. The molecule has 0 bridgehead atoms. The zero-order valence-corrected chi connectivity index (χ0v) is 14.4. The molecule has 0 aromatic rings. The lowest BCUT2D eigenvalue weighted by Crippen LogP contribution is -2.68. The van der Waals surface area contributed by atoms with Crippen molar-refractivity contribution in [3.8, 4) is 0 Å². The zero-order valence-electron chi connectivity index (χ0n) is 13.6. The summed E-state index contributed by atoms with van der Waals surface area (Å²) in [6.07, 6.45) is 2.20. The lowest BCUT2D eigenvalue weighted by atomic mass is 9.57. The quantitative estimate of drug-likeness (QED) is 0.579. The minimum atomic E-state index is -2.81. The summed E-state index contributed by atoms with van der Waals surface area (Å²) in [7, 11) is -1.05. The third kappa shape index (κ3) is 2.85. The highest BCUT2D eigenvalue weighted by Gasteiger charge is 2.59. The van der Waals surface area contributed by atoms with E-state index in [9.17, 15) is 8.42 Å². The molecule has 0 amide bonds. The number of sulfone groups is 1. The third-order valence-corrected chi connectivity index (χ3v) is 7.34. The molecule has 0 aromatic carbocycles. The zero-order chi connectivity index (χ0) is 16.0. The van der Waals surface area contributed by atoms with Gasteiger partial charge in [0.15, 0.2) is 15.8 Å². The Labute approximate surface area is 133 Å². The summed E-state index contributed by atoms with van der Waals surface area (Å²) >= 11 is 0. The molecule has 1 aliphatic carbocycles. The lowest BCUT2D eigenvalue weighted by molar-refractivity contribution is -0.106. The van der Waals surface area contributed by atoms with Gasteiger partial charge in [0.05, 0.1) is 17.6 Å². The second kappa shape index (κ2) is 5.67. The molecule has 0 spiro atoms. The van der Waals surface area contributed by atoms with Crippen LogP contribution in [-0.2, 0) is 14.6 Å². The molecular weight excluding hydrogens is 302 g/mol. The van der Waals surface area contributed by atoms with Crippen LogP contribution in [0.25, 0.3) is 0 Å². The molecule has 3 aliphatic rings. The van der Waals surface area contributed by atoms with Gasteiger partial charge in [0.25, 0.3) is 0 Å². The summed E-state index contributed by atoms with van der Waals surface area (Å²) < 4.78 is 28.8. The number of hydrogen-bond donors (Lipinski definition) is 2. The SMILES string of the molecule is CN=C(NCC1CCS(=O)(=O)C1)NC1C2CCOC2C1(C)C. The Balaban J connectivity index is 1.53. The summed E-state index contributed by atoms with van der Waals surface area (Å²) in [5.74, 6) is 2.14. The third-order valence-electron chi connectivity index (χ3n) is 5.50. The second-order valence-corrected chi connectivity index (χ2v) is 9.64. The normalized spacial score (nSPS) is 39.1. The number of guanidine groups is 1. The maximum absolute atomic E-state index is 11.5. The first kappa shape index (κ1) is 16.1. The predicted octanol–water partition coefficient (Wildman–Crippen LogP) is 0.400. The molecule has 2 heterocycles. The van der Waals surface area contributed by atoms with Gasteiger partial charge in [-0.1, -0.05) is 13.8 Å². The number of nitrogens with zero attached hydrogens (tertiary/aromatic N) is 1. The van der Waals surface area contributed by atoms with Crippen molar-refractivity contribution in [2.24, 2.45) is 22.2 Å². The monoisotopic (exact) mass is 329 g/mol. The highest BCUT2D eigenvalue weighted by Crippen LogP contribution is 2.52. The van der Waals surface area contributed by atoms with Gasteiger partial charge >= 0.3 is 0 Å². The Bertz CT molecular complexity index is 558. The first-order valence-electron chi connectivity index (χ1n) is 8.13. The predicted molar refractivity (Wildman–Crippen MR) is 86.7 cm³/mol. The Morgan fingerprint density at radius 2 is 2.14 bits per heavy atom. The molecule has 7 heteroatoms. The Kier molecular flexibility index (Phi) is 4.14. The maximum Gasteiger partial charge on any atom is 0.191 e. The summed E-state index contributed by atoms with van der Waals surface area (Å²) in [6.45, 7) is 5.97. The van der Waals surface area contributed by atoms with Crippen LogP contribution in [0.5, 0.6) is 0 Å². The molecule has 4 atom stereocenters. The Morgan fingerprint density at radius 1 is 1.36 bits per heavy atom. The molecule has 6 nitrogen and oxygen atoms in total. The van der Waals surface area contributed by atoms with E-state index in [1.54, 1.807) is 7.05 Å². The number of aliphatic imine (C=N–C) groups is 1. The van der Waals surface area contributed by atoms with Crippen LogP contribution >= 0.6 is 0 Å². The van der Waals surface area contributed by atoms with E-state index in [4.69, 9.17) is 4.74 Å². The molecule has 2 aliphatic heterocycles. The molecule has 4 unspecified atom stereocenters. The standard InChI is InChI=1S/C15H27N3O3S/c1-15(2)12(11-4-6-21-13(11)15)18-14(16-3)17-8-10-5-7-22(19,20)9-10/h10-13H,4-9H2,1-3H3,(H2,16,17,18). The number of nitrogens with one attached hydrogen (secondary N) is 2. The Morgan fingerprint density at radius 3 is 2.77 bits per heavy atom. The average molecular weight is 329 g/mol. The summed E-state index contributed by atoms with van der Waals surface area (Å²) in [4.78, 5) is 4.29. The Hall–Kier alpha value is -0.820. The first-order chi connectivity index (χ1) is 10.3. The highest BCUT2D eigenvalue weighted by molar-refractivity contribution is 7.91. The number of ether oxygens (including phenoxy) is 1. The molecule has 2 saturated heterocycles. The van der Waals surface area contributed by atoms with Gasteiger partial charge in [-0.15, -0.1) is 0 Å². The summed E-state index contributed by atoms with van der Waals surface area (Å²) in [6, 6.07) is 0.360. The van der Waals surface area contributed by atoms with Gasteiger partial charge in [0.2, 0.25) is 0 Å². The van der Waals surface area contributed by atoms with Crippen LogP contribution in [0.4, 0.5) is 0 Å². The maximum atomic E-state index is 11.5. The minimum absolute atomic E-state index is 0.107. The lowest BCUT2D eigenvalue weighted by Gasteiger charge is -2.54. The molecule has 22 heavy (non-hydrogen) atoms. The van der Waals surface area contributed by atoms with Crippen molar-refractivity contribution in [3.05, 3.63) is 0 Å². The van der Waals surface area contributed by atoms with Gasteiger partial charge in [-0.2, -0.15) is 0 Å². The van der Waals surface area contributed by atoms with Crippen LogP contribution in [0.15, 0.2) is 4.99 Å². The van der Waals surface area contributed by atoms with Crippen LogP contribution in [0.3, 0.4) is 0 Å². The van der Waals surface area contributed by atoms with Gasteiger partial charge < -0.3 is 15.4 Å². The fourth-order valence-corrected chi connectivity index (χ4v) is 6.10. The van der Waals surface area contributed by atoms with Crippen molar-refractivity contribution in [2.75, 3.05) is 31.7 Å². The van der Waals surface area contributed by atoms with Crippen LogP contribution < -0.4 is 10.6 Å². The summed E-state index contributed by atoms with van der Waals surface area (Å²) in [5.41, 5.74) is 0.107. The van der Waals surface area contributed by atoms with E-state index in [2.05, 4.69) is 29.5 Å². The van der Waals surface area contributed by atoms with Gasteiger partial charge in [-0.3, -0.25) is 4.99 Å². The molecule has 0 aromatic heterocycles. The van der Waals surface area contributed by atoms with Gasteiger partial charge in [0, 0.05) is 37.6 Å². The molecule has 0 radical (unpaired) electrons. The van der Waals surface area contributed by atoms with E-state index in [-0.39, 0.29) is 11.3 Å². The molecule has 3 fully saturated rings. The minimum Gasteiger partial charge on any atom is -0.377 e. The van der Waals surface area contributed by atoms with E-state index in [1.165, 1.54) is 0 Å². The number of rotatable bonds is 3. The molecular formula is C15H27N3O3S. The molecule has 3 rings (SSSR count). The van der Waals surface area contributed by atoms with Gasteiger partial charge in [-0.25, -0.2) is 8.42 Å². The van der Waals surface area contributed by atoms with Crippen molar-refractivity contribution in [1.82, 2.24) is 10.6 Å². The van der Waals surface area contributed by atoms with Crippen LogP contribution in [0.2, 0.25) is 0 Å². The van der Waals surface area contributed by atoms with E-state index >= 15 is 0 Å². The van der Waals surface area contributed by atoms with Crippen molar-refractivity contribution >= 4 is 15.8 Å². The van der Waals surface area contributed by atoms with Crippen LogP contribution in [-0.4, -0.2) is 58.2 Å². The fraction of sp³-hybridized carbons (Fsp3) is 0.933. The van der Waals surface area contributed by atoms with Crippen molar-refractivity contribution in [2.45, 2.75) is 38.8 Å². The molecule has 1 saturated carbocycles. The van der Waals surface area contributed by atoms with E-state index in [1.807, 2.05) is 0 Å². The topological polar surface area (TPSA) is 79.8 Å². The largest absolute Gasteiger partial charge is 0.377 e. The van der Waals surface area contributed by atoms with Crippen molar-refractivity contribution in [1.29, 1.82) is 0 Å². The van der Waals surface area contributed by atoms with Crippen LogP contribution in [0, 0.1) is 17.3 Å². The van der Waals surface area contributed by atoms with E-state index in [0.29, 0.717) is 36.1 Å². The average Bonchev–Trinajstić information content (AvgIpc) is 3.04. The van der Waals surface area contributed by atoms with Crippen LogP contribution in [0.1, 0.15) is 26.7 Å². The number of fused-ring (bicyclic) bond motifs is 1. The summed E-state index contributed by atoms with van der Waals surface area (Å²) in [5, 5.41) is 6.82. The van der Waals surface area contributed by atoms with E-state index < -0.39 is 9.84 Å². The van der Waals surface area contributed by atoms with Gasteiger partial charge in [-0.05, 0) is 18.8 Å². The van der Waals surface area contributed by atoms with Gasteiger partial charge in [0.1, 0.15) is 0 Å². The smallest absolute Gasteiger partial charge is 0.191 e. The number of hydrogen-bond acceptors (Lipinski definition) is 4. The van der Waals surface area contributed by atoms with Crippen molar-refractivity contribution in [3.63, 3.8) is 0 Å². The first-order valence-corrected chi connectivity index (χ1v) is 9.95. The fourth-order valence-electron chi connectivity index (χ4n) is 4.23. The second-order valence-electron chi connectivity index (χ2n) is 7.41. The van der Waals surface area contributed by atoms with Crippen molar-refractivity contribution < 1.29 is 13.2 Å².